The molecule has 2 N–H and O–H groups in total. The van der Waals surface area contributed by atoms with Gasteiger partial charge in [0.15, 0.2) is 11.3 Å². The predicted molar refractivity (Wildman–Crippen MR) is 61.1 cm³/mol. The van der Waals surface area contributed by atoms with Gasteiger partial charge in [0.05, 0.1) is 15.8 Å². The molecule has 1 radical (unpaired) electrons. The van der Waals surface area contributed by atoms with Crippen LogP contribution in [-0.2, 0) is 4.79 Å². The zero-order chi connectivity index (χ0) is 11.0. The molecule has 1 atom stereocenters. The highest BCUT2D eigenvalue weighted by atomic mass is 35.5. The third-order valence-electron chi connectivity index (χ3n) is 2.16. The van der Waals surface area contributed by atoms with E-state index in [4.69, 9.17) is 17.3 Å². The molecule has 2 rings (SSSR count). The molecule has 1 aromatic carbocycles. The molecule has 0 bridgehead atoms. The maximum Gasteiger partial charge on any atom is 0.153 e. The van der Waals surface area contributed by atoms with Gasteiger partial charge in [0.2, 0.25) is 0 Å². The van der Waals surface area contributed by atoms with Gasteiger partial charge < -0.3 is 5.73 Å². The van der Waals surface area contributed by atoms with E-state index in [1.807, 2.05) is 6.07 Å². The molecule has 0 saturated carbocycles. The van der Waals surface area contributed by atoms with Crippen molar-refractivity contribution in [2.24, 2.45) is 5.73 Å². The smallest absolute Gasteiger partial charge is 0.153 e. The first-order valence-corrected chi connectivity index (χ1v) is 5.51. The molecule has 3 nitrogen and oxygen atoms in total. The Labute approximate surface area is 95.9 Å². The second-order valence-electron chi connectivity index (χ2n) is 3.24. The van der Waals surface area contributed by atoms with Crippen molar-refractivity contribution in [1.82, 2.24) is 4.98 Å². The van der Waals surface area contributed by atoms with Crippen molar-refractivity contribution < 1.29 is 4.79 Å². The Morgan fingerprint density at radius 2 is 2.40 bits per heavy atom. The summed E-state index contributed by atoms with van der Waals surface area (Å²) in [5.74, 6) is -0.0843. The predicted octanol–water partition coefficient (Wildman–Crippen LogP) is 2.34. The fourth-order valence-corrected chi connectivity index (χ4v) is 2.32. The number of halogens is 1. The molecule has 15 heavy (non-hydrogen) atoms. The van der Waals surface area contributed by atoms with Gasteiger partial charge in [-0.1, -0.05) is 11.6 Å². The van der Waals surface area contributed by atoms with Crippen molar-refractivity contribution in [2.75, 3.05) is 0 Å². The first-order chi connectivity index (χ1) is 7.09. The van der Waals surface area contributed by atoms with E-state index in [0.717, 1.165) is 10.3 Å². The second kappa shape index (κ2) is 3.89. The Kier molecular flexibility index (Phi) is 2.73. The Morgan fingerprint density at radius 1 is 1.67 bits per heavy atom. The van der Waals surface area contributed by atoms with Crippen molar-refractivity contribution in [3.63, 3.8) is 0 Å². The topological polar surface area (TPSA) is 56.0 Å². The minimum atomic E-state index is -0.617. The summed E-state index contributed by atoms with van der Waals surface area (Å²) in [5, 5.41) is 0.511. The first kappa shape index (κ1) is 10.5. The number of ketones is 1. The minimum absolute atomic E-state index is 0.0843. The van der Waals surface area contributed by atoms with Crippen molar-refractivity contribution >= 4 is 38.9 Å². The fourth-order valence-electron chi connectivity index (χ4n) is 1.31. The standard InChI is InChI=1S/C10H8ClN2OS/c1-5(14)9(12)6-2-7(11)10-8(3-6)15-4-13-10/h2-3,9H,12H2,1H3. The summed E-state index contributed by atoms with van der Waals surface area (Å²) in [4.78, 5) is 15.1. The van der Waals surface area contributed by atoms with Crippen LogP contribution in [0.1, 0.15) is 18.5 Å². The SMILES string of the molecule is CC(=O)C(N)c1cc(Cl)c2n[c]sc2c1. The van der Waals surface area contributed by atoms with Gasteiger partial charge in [-0.3, -0.25) is 4.79 Å². The van der Waals surface area contributed by atoms with Crippen LogP contribution in [0.15, 0.2) is 12.1 Å². The lowest BCUT2D eigenvalue weighted by molar-refractivity contribution is -0.118. The third-order valence-corrected chi connectivity index (χ3v) is 3.16. The average Bonchev–Trinajstić information content (AvgIpc) is 2.64. The van der Waals surface area contributed by atoms with Crippen LogP contribution in [0.3, 0.4) is 0 Å². The summed E-state index contributed by atoms with van der Waals surface area (Å²) < 4.78 is 0.897. The summed E-state index contributed by atoms with van der Waals surface area (Å²) in [7, 11) is 0. The number of fused-ring (bicyclic) bond motifs is 1. The van der Waals surface area contributed by atoms with Crippen molar-refractivity contribution in [3.8, 4) is 0 Å². The van der Waals surface area contributed by atoms with E-state index in [2.05, 4.69) is 10.5 Å². The quantitative estimate of drug-likeness (QED) is 0.875. The molecule has 0 amide bonds. The summed E-state index contributed by atoms with van der Waals surface area (Å²) in [6, 6.07) is 2.90. The lowest BCUT2D eigenvalue weighted by Gasteiger charge is -2.08. The van der Waals surface area contributed by atoms with Crippen LogP contribution in [-0.4, -0.2) is 10.8 Å². The summed E-state index contributed by atoms with van der Waals surface area (Å²) >= 11 is 7.37. The highest BCUT2D eigenvalue weighted by molar-refractivity contribution is 7.16. The number of thiazole rings is 1. The maximum absolute atomic E-state index is 11.1. The van der Waals surface area contributed by atoms with Gasteiger partial charge in [0.1, 0.15) is 5.52 Å². The molecule has 0 aliphatic rings. The van der Waals surface area contributed by atoms with Crippen molar-refractivity contribution in [2.45, 2.75) is 13.0 Å². The molecule has 0 aliphatic heterocycles. The van der Waals surface area contributed by atoms with E-state index in [9.17, 15) is 4.79 Å². The van der Waals surface area contributed by atoms with E-state index in [1.165, 1.54) is 18.3 Å². The number of hydrogen-bond acceptors (Lipinski definition) is 4. The first-order valence-electron chi connectivity index (χ1n) is 4.31. The highest BCUT2D eigenvalue weighted by Gasteiger charge is 2.14. The number of rotatable bonds is 2. The Hall–Kier alpha value is -0.970. The van der Waals surface area contributed by atoms with E-state index < -0.39 is 6.04 Å². The molecule has 0 spiro atoms. The number of hydrogen-bond donors (Lipinski definition) is 1. The maximum atomic E-state index is 11.1. The minimum Gasteiger partial charge on any atom is -0.318 e. The van der Waals surface area contributed by atoms with E-state index in [-0.39, 0.29) is 5.78 Å². The Bertz CT molecular complexity index is 523. The molecular formula is C10H8ClN2OS. The van der Waals surface area contributed by atoms with Crippen LogP contribution in [0.5, 0.6) is 0 Å². The van der Waals surface area contributed by atoms with Crippen molar-refractivity contribution in [1.29, 1.82) is 0 Å². The molecule has 0 fully saturated rings. The molecule has 2 aromatic rings. The molecule has 5 heteroatoms. The molecule has 0 aliphatic carbocycles. The molecular weight excluding hydrogens is 232 g/mol. The number of nitrogens with zero attached hydrogens (tertiary/aromatic N) is 1. The lowest BCUT2D eigenvalue weighted by atomic mass is 10.0. The van der Waals surface area contributed by atoms with Gasteiger partial charge in [-0.2, -0.15) is 0 Å². The van der Waals surface area contributed by atoms with Crippen LogP contribution in [0.4, 0.5) is 0 Å². The van der Waals surface area contributed by atoms with Crippen molar-refractivity contribution in [3.05, 3.63) is 28.2 Å². The van der Waals surface area contributed by atoms with Crippen LogP contribution >= 0.6 is 22.9 Å². The fraction of sp³-hybridized carbons (Fsp3) is 0.200. The molecule has 1 heterocycles. The zero-order valence-electron chi connectivity index (χ0n) is 7.95. The van der Waals surface area contributed by atoms with E-state index >= 15 is 0 Å². The van der Waals surface area contributed by atoms with Gasteiger partial charge in [-0.05, 0) is 24.6 Å². The number of Topliss-reactive ketones (excluding diaryl/α,β-unsaturated/α-hetero) is 1. The molecule has 1 aromatic heterocycles. The molecule has 1 unspecified atom stereocenters. The number of nitrogens with two attached hydrogens (primary N) is 1. The lowest BCUT2D eigenvalue weighted by Crippen LogP contribution is -2.18. The normalized spacial score (nSPS) is 13.0. The number of carbonyl (C=O) groups excluding carboxylic acids is 1. The van der Waals surface area contributed by atoms with E-state index in [1.54, 1.807) is 6.07 Å². The molecule has 77 valence electrons. The largest absolute Gasteiger partial charge is 0.318 e. The Balaban J connectivity index is 2.58. The van der Waals surface area contributed by atoms with Crippen LogP contribution in [0, 0.1) is 5.51 Å². The summed E-state index contributed by atoms with van der Waals surface area (Å²) in [5.41, 5.74) is 9.92. The number of aromatic nitrogens is 1. The molecule has 0 saturated heterocycles. The zero-order valence-corrected chi connectivity index (χ0v) is 9.52. The van der Waals surface area contributed by atoms with Crippen LogP contribution in [0.2, 0.25) is 5.02 Å². The van der Waals surface area contributed by atoms with Gasteiger partial charge in [0.25, 0.3) is 0 Å². The Morgan fingerprint density at radius 3 is 3.07 bits per heavy atom. The summed E-state index contributed by atoms with van der Waals surface area (Å²) in [6.45, 7) is 1.46. The monoisotopic (exact) mass is 239 g/mol. The van der Waals surface area contributed by atoms with Crippen LogP contribution in [0.25, 0.3) is 10.2 Å². The summed E-state index contributed by atoms with van der Waals surface area (Å²) in [6.07, 6.45) is 0. The van der Waals surface area contributed by atoms with Gasteiger partial charge >= 0.3 is 0 Å². The third kappa shape index (κ3) is 1.88. The average molecular weight is 240 g/mol. The van der Waals surface area contributed by atoms with Gasteiger partial charge in [0, 0.05) is 0 Å². The van der Waals surface area contributed by atoms with Gasteiger partial charge in [-0.15, -0.1) is 11.3 Å². The van der Waals surface area contributed by atoms with Gasteiger partial charge in [-0.25, -0.2) is 4.98 Å². The number of carbonyl (C=O) groups is 1. The van der Waals surface area contributed by atoms with Crippen LogP contribution < -0.4 is 5.73 Å². The highest BCUT2D eigenvalue weighted by Crippen LogP contribution is 2.29. The van der Waals surface area contributed by atoms with E-state index in [0.29, 0.717) is 10.5 Å². The number of benzene rings is 1. The second-order valence-corrected chi connectivity index (χ2v) is 4.48.